The molecule has 0 N–H and O–H groups in total. The lowest BCUT2D eigenvalue weighted by Crippen LogP contribution is -2.18. The van der Waals surface area contributed by atoms with Crippen LogP contribution < -0.4 is 4.74 Å². The predicted octanol–water partition coefficient (Wildman–Crippen LogP) is 4.20. The number of carbonyl (C=O) groups excluding carboxylic acids is 1. The zero-order valence-corrected chi connectivity index (χ0v) is 10.2. The highest BCUT2D eigenvalue weighted by Crippen LogP contribution is 2.39. The van der Waals surface area contributed by atoms with Gasteiger partial charge in [0.1, 0.15) is 0 Å². The van der Waals surface area contributed by atoms with E-state index in [-0.39, 0.29) is 15.1 Å². The number of hydrogen-bond acceptors (Lipinski definition) is 2. The molecule has 1 aromatic rings. The monoisotopic (exact) mass is 316 g/mol. The van der Waals surface area contributed by atoms with Crippen molar-refractivity contribution in [2.24, 2.45) is 0 Å². The third kappa shape index (κ3) is 3.12. The zero-order chi connectivity index (χ0) is 12.5. The van der Waals surface area contributed by atoms with Crippen molar-refractivity contribution in [2.75, 3.05) is 0 Å². The van der Waals surface area contributed by atoms with E-state index in [1.54, 1.807) is 0 Å². The largest absolute Gasteiger partial charge is 0.573 e. The van der Waals surface area contributed by atoms with Gasteiger partial charge in [0.2, 0.25) is 0 Å². The number of alkyl halides is 3. The highest BCUT2D eigenvalue weighted by molar-refractivity contribution is 9.10. The fourth-order valence-electron chi connectivity index (χ4n) is 1.01. The summed E-state index contributed by atoms with van der Waals surface area (Å²) in [6, 6.07) is 2.58. The number of hydrogen-bond donors (Lipinski definition) is 0. The summed E-state index contributed by atoms with van der Waals surface area (Å²) >= 11 is 8.50. The molecular weight excluding hydrogens is 312 g/mol. The molecule has 0 bridgehead atoms. The molecule has 0 saturated heterocycles. The topological polar surface area (TPSA) is 26.3 Å². The highest BCUT2D eigenvalue weighted by atomic mass is 79.9. The summed E-state index contributed by atoms with van der Waals surface area (Å²) in [7, 11) is 0. The Bertz CT molecular complexity index is 431. The normalized spacial score (nSPS) is 11.4. The van der Waals surface area contributed by atoms with Crippen LogP contribution in [0.3, 0.4) is 0 Å². The van der Waals surface area contributed by atoms with Crippen molar-refractivity contribution in [3.63, 3.8) is 0 Å². The molecule has 0 fully saturated rings. The Morgan fingerprint density at radius 1 is 1.44 bits per heavy atom. The average molecular weight is 317 g/mol. The van der Waals surface area contributed by atoms with Crippen molar-refractivity contribution < 1.29 is 22.7 Å². The summed E-state index contributed by atoms with van der Waals surface area (Å²) in [6.07, 6.45) is -4.86. The van der Waals surface area contributed by atoms with Crippen LogP contribution in [0.15, 0.2) is 16.6 Å². The Balaban J connectivity index is 3.27. The maximum absolute atomic E-state index is 12.0. The van der Waals surface area contributed by atoms with Crippen LogP contribution in [-0.4, -0.2) is 12.1 Å². The molecule has 7 heteroatoms. The molecule has 0 amide bonds. The Hall–Kier alpha value is -0.750. The third-order valence-electron chi connectivity index (χ3n) is 1.65. The van der Waals surface area contributed by atoms with Gasteiger partial charge in [-0.05, 0) is 35.0 Å². The maximum Gasteiger partial charge on any atom is 0.573 e. The van der Waals surface area contributed by atoms with E-state index < -0.39 is 17.9 Å². The van der Waals surface area contributed by atoms with Crippen LogP contribution in [-0.2, 0) is 0 Å². The van der Waals surface area contributed by atoms with E-state index >= 15 is 0 Å². The minimum atomic E-state index is -4.86. The number of rotatable bonds is 2. The first-order chi connectivity index (χ1) is 7.22. The smallest absolute Gasteiger partial charge is 0.403 e. The van der Waals surface area contributed by atoms with E-state index in [4.69, 9.17) is 11.6 Å². The lowest BCUT2D eigenvalue weighted by molar-refractivity contribution is -0.274. The van der Waals surface area contributed by atoms with E-state index in [0.29, 0.717) is 0 Å². The van der Waals surface area contributed by atoms with Gasteiger partial charge in [-0.15, -0.1) is 13.2 Å². The van der Waals surface area contributed by atoms with Crippen molar-refractivity contribution >= 4 is 33.3 Å². The molecule has 1 aromatic carbocycles. The van der Waals surface area contributed by atoms with E-state index in [0.717, 1.165) is 0 Å². The number of ether oxygens (including phenoxy) is 1. The standard InChI is InChI=1S/C9H5BrClF3O2/c1-4(15)5-2-3-6(10)8(7(5)11)16-9(12,13)14/h2-3H,1H3. The van der Waals surface area contributed by atoms with Crippen molar-refractivity contribution in [1.82, 2.24) is 0 Å². The molecule has 0 spiro atoms. The third-order valence-corrected chi connectivity index (χ3v) is 2.65. The molecule has 0 aliphatic carbocycles. The minimum Gasteiger partial charge on any atom is -0.403 e. The number of carbonyl (C=O) groups is 1. The van der Waals surface area contributed by atoms with Crippen LogP contribution in [0.1, 0.15) is 17.3 Å². The molecule has 2 nitrogen and oxygen atoms in total. The predicted molar refractivity (Wildman–Crippen MR) is 55.8 cm³/mol. The zero-order valence-electron chi connectivity index (χ0n) is 7.86. The molecule has 0 heterocycles. The molecule has 0 unspecified atom stereocenters. The second kappa shape index (κ2) is 4.63. The molecular formula is C9H5BrClF3O2. The average Bonchev–Trinajstić information content (AvgIpc) is 2.10. The molecule has 0 aromatic heterocycles. The molecule has 0 atom stereocenters. The van der Waals surface area contributed by atoms with Gasteiger partial charge >= 0.3 is 6.36 Å². The highest BCUT2D eigenvalue weighted by Gasteiger charge is 2.33. The Morgan fingerprint density at radius 2 is 2.00 bits per heavy atom. The van der Waals surface area contributed by atoms with E-state index in [1.807, 2.05) is 0 Å². The SMILES string of the molecule is CC(=O)c1ccc(Br)c(OC(F)(F)F)c1Cl. The molecule has 0 aliphatic heterocycles. The maximum atomic E-state index is 12.0. The second-order valence-electron chi connectivity index (χ2n) is 2.84. The van der Waals surface area contributed by atoms with Gasteiger partial charge in [0.25, 0.3) is 0 Å². The van der Waals surface area contributed by atoms with Gasteiger partial charge in [-0.2, -0.15) is 0 Å². The van der Waals surface area contributed by atoms with Gasteiger partial charge in [0.05, 0.1) is 9.50 Å². The molecule has 88 valence electrons. The first kappa shape index (κ1) is 13.3. The summed E-state index contributed by atoms with van der Waals surface area (Å²) in [5.74, 6) is -1.05. The minimum absolute atomic E-state index is 0.0240. The quantitative estimate of drug-likeness (QED) is 0.764. The van der Waals surface area contributed by atoms with Crippen LogP contribution in [0.5, 0.6) is 5.75 Å². The van der Waals surface area contributed by atoms with Crippen molar-refractivity contribution in [1.29, 1.82) is 0 Å². The Labute approximate surface area is 102 Å². The first-order valence-corrected chi connectivity index (χ1v) is 5.14. The van der Waals surface area contributed by atoms with Crippen molar-refractivity contribution in [2.45, 2.75) is 13.3 Å². The Morgan fingerprint density at radius 3 is 2.44 bits per heavy atom. The fraction of sp³-hybridized carbons (Fsp3) is 0.222. The summed E-state index contributed by atoms with van der Waals surface area (Å²) in [6.45, 7) is 1.20. The van der Waals surface area contributed by atoms with Crippen LogP contribution in [0.2, 0.25) is 5.02 Å². The number of benzene rings is 1. The summed E-state index contributed by atoms with van der Waals surface area (Å²) in [5, 5.41) is -0.362. The van der Waals surface area contributed by atoms with E-state index in [9.17, 15) is 18.0 Å². The van der Waals surface area contributed by atoms with E-state index in [2.05, 4.69) is 20.7 Å². The lowest BCUT2D eigenvalue weighted by Gasteiger charge is -2.13. The molecule has 0 saturated carbocycles. The van der Waals surface area contributed by atoms with Crippen molar-refractivity contribution in [3.8, 4) is 5.75 Å². The van der Waals surface area contributed by atoms with E-state index in [1.165, 1.54) is 19.1 Å². The van der Waals surface area contributed by atoms with Gasteiger partial charge in [-0.3, -0.25) is 4.79 Å². The Kier molecular flexibility index (Phi) is 3.85. The first-order valence-electron chi connectivity index (χ1n) is 3.97. The summed E-state index contributed by atoms with van der Waals surface area (Å²) in [5.41, 5.74) is -0.0240. The molecule has 0 aliphatic rings. The molecule has 0 radical (unpaired) electrons. The van der Waals surface area contributed by atoms with Gasteiger partial charge in [-0.25, -0.2) is 0 Å². The number of ketones is 1. The number of halogens is 5. The number of Topliss-reactive ketones (excluding diaryl/α,β-unsaturated/α-hetero) is 1. The van der Waals surface area contributed by atoms with Crippen LogP contribution in [0.25, 0.3) is 0 Å². The fourth-order valence-corrected chi connectivity index (χ4v) is 1.88. The van der Waals surface area contributed by atoms with Crippen molar-refractivity contribution in [3.05, 3.63) is 27.2 Å². The van der Waals surface area contributed by atoms with Gasteiger partial charge < -0.3 is 4.74 Å². The second-order valence-corrected chi connectivity index (χ2v) is 4.07. The van der Waals surface area contributed by atoms with Crippen LogP contribution in [0, 0.1) is 0 Å². The van der Waals surface area contributed by atoms with Crippen LogP contribution in [0.4, 0.5) is 13.2 Å². The lowest BCUT2D eigenvalue weighted by atomic mass is 10.1. The summed E-state index contributed by atoms with van der Waals surface area (Å²) in [4.78, 5) is 11.1. The molecule has 1 rings (SSSR count). The summed E-state index contributed by atoms with van der Waals surface area (Å²) < 4.78 is 39.9. The van der Waals surface area contributed by atoms with Gasteiger partial charge in [0.15, 0.2) is 11.5 Å². The van der Waals surface area contributed by atoms with Crippen LogP contribution >= 0.6 is 27.5 Å². The molecule has 16 heavy (non-hydrogen) atoms. The van der Waals surface area contributed by atoms with Gasteiger partial charge in [-0.1, -0.05) is 11.6 Å². The van der Waals surface area contributed by atoms with Gasteiger partial charge in [0, 0.05) is 5.56 Å².